The van der Waals surface area contributed by atoms with E-state index in [2.05, 4.69) is 29.1 Å². The Labute approximate surface area is 379 Å². The second-order valence-electron chi connectivity index (χ2n) is 11.0. The first-order valence-electron chi connectivity index (χ1n) is 16.0. The predicted molar refractivity (Wildman–Crippen MR) is 195 cm³/mol. The van der Waals surface area contributed by atoms with E-state index in [-0.39, 0.29) is 21.1 Å². The summed E-state index contributed by atoms with van der Waals surface area (Å²) in [5, 5.41) is 0. The Morgan fingerprint density at radius 2 is 0.269 bits per heavy atom. The molecule has 0 radical (unpaired) electrons. The van der Waals surface area contributed by atoms with Gasteiger partial charge in [0.15, 0.2) is 0 Å². The van der Waals surface area contributed by atoms with Crippen LogP contribution in [0.3, 0.4) is 0 Å². The van der Waals surface area contributed by atoms with Crippen LogP contribution in [-0.4, -0.2) is 0 Å². The monoisotopic (exact) mass is 1130 g/mol. The maximum absolute atomic E-state index is 12.4. The number of benzene rings is 6. The number of hydrogen-bond donors (Lipinski definition) is 0. The Morgan fingerprint density at radius 3 is 0.328 bits per heavy atom. The third-order valence-electron chi connectivity index (χ3n) is 6.56. The minimum absolute atomic E-state index is 0. The normalized spacial score (nSPS) is 9.13. The fourth-order valence-corrected chi connectivity index (χ4v) is 3.85. The summed E-state index contributed by atoms with van der Waals surface area (Å²) in [6, 6.07) is 5.62. The molecule has 342 valence electrons. The van der Waals surface area contributed by atoms with Crippen molar-refractivity contribution in [2.75, 3.05) is 0 Å². The summed E-state index contributed by atoms with van der Waals surface area (Å²) in [4.78, 5) is 15.3. The van der Waals surface area contributed by atoms with Crippen molar-refractivity contribution in [1.29, 1.82) is 0 Å². The van der Waals surface area contributed by atoms with Crippen molar-refractivity contribution in [3.05, 3.63) is 246 Å². The number of hydrogen-bond acceptors (Lipinski definition) is 0. The summed E-state index contributed by atoms with van der Waals surface area (Å²) in [7, 11) is 0. The van der Waals surface area contributed by atoms with Gasteiger partial charge in [-0.2, -0.15) is 0 Å². The van der Waals surface area contributed by atoms with E-state index in [1.807, 2.05) is 0 Å². The molecule has 0 unspecified atom stereocenters. The summed E-state index contributed by atoms with van der Waals surface area (Å²) >= 11 is 0. The van der Waals surface area contributed by atoms with Crippen LogP contribution >= 0.6 is 0 Å². The van der Waals surface area contributed by atoms with E-state index in [0.717, 1.165) is 0 Å². The van der Waals surface area contributed by atoms with E-state index >= 15 is 0 Å². The Bertz CT molecular complexity index is 2350. The van der Waals surface area contributed by atoms with Crippen LogP contribution in [0.2, 0.25) is 0 Å². The van der Waals surface area contributed by atoms with Crippen molar-refractivity contribution < 1.29 is 100 Å². The molecule has 0 bridgehead atoms. The van der Waals surface area contributed by atoms with Crippen molar-refractivity contribution >= 4 is 34.1 Å². The summed E-state index contributed by atoms with van der Waals surface area (Å²) in [5.41, 5.74) is -4.63. The number of halogens is 18. The average Bonchev–Trinajstić information content (AvgIpc) is 3.18. The zero-order valence-electron chi connectivity index (χ0n) is 31.8. The SMILES string of the molecule is [C-]#[N+]c1c(F)cc(F)cc1F.[C-]#[N+]c1c(F)cc(F)cc1F.[C-]#[N+]c1c(F)cc(F)cc1F.[C-]#[N+]c1c(F)cc(F)cc1F.[C-]#[N+]c1c(F)cc(F)cc1F.[C-]#[N+]c1c(F)cc(F)cc1F.[W]. The molecule has 0 heterocycles. The van der Waals surface area contributed by atoms with Gasteiger partial charge >= 0.3 is 0 Å². The summed E-state index contributed by atoms with van der Waals surface area (Å²) in [6.07, 6.45) is 0. The molecule has 0 fully saturated rings. The smallest absolute Gasteiger partial charge is 0.232 e. The van der Waals surface area contributed by atoms with Gasteiger partial charge in [-0.1, -0.05) is 0 Å². The van der Waals surface area contributed by atoms with Gasteiger partial charge in [0, 0.05) is 21.1 Å². The molecule has 67 heavy (non-hydrogen) atoms. The van der Waals surface area contributed by atoms with Crippen LogP contribution in [0.25, 0.3) is 29.1 Å². The fraction of sp³-hybridized carbons (Fsp3) is 0. The second kappa shape index (κ2) is 27.8. The summed E-state index contributed by atoms with van der Waals surface area (Å²) < 4.78 is 222. The van der Waals surface area contributed by atoms with Gasteiger partial charge in [-0.05, 0) is 72.8 Å². The van der Waals surface area contributed by atoms with Crippen LogP contribution in [0, 0.1) is 144 Å². The third kappa shape index (κ3) is 18.0. The van der Waals surface area contributed by atoms with Gasteiger partial charge in [-0.15, -0.1) is 0 Å². The van der Waals surface area contributed by atoms with E-state index < -0.39 is 139 Å². The van der Waals surface area contributed by atoms with Gasteiger partial charge in [0.25, 0.3) is 34.1 Å². The Morgan fingerprint density at radius 1 is 0.194 bits per heavy atom. The van der Waals surface area contributed by atoms with Crippen molar-refractivity contribution in [3.8, 4) is 0 Å². The Kier molecular flexibility index (Phi) is 24.3. The molecule has 0 aliphatic carbocycles. The van der Waals surface area contributed by atoms with E-state index in [4.69, 9.17) is 39.4 Å². The largest absolute Gasteiger partial charge is 0.257 e. The molecule has 25 heteroatoms. The first kappa shape index (κ1) is 58.7. The molecular weight excluding hydrogens is 1110 g/mol. The number of rotatable bonds is 0. The van der Waals surface area contributed by atoms with Gasteiger partial charge < -0.3 is 0 Å². The van der Waals surface area contributed by atoms with Crippen molar-refractivity contribution in [2.45, 2.75) is 0 Å². The van der Waals surface area contributed by atoms with Crippen LogP contribution in [0.1, 0.15) is 0 Å². The Balaban J connectivity index is 0.000000778. The number of nitrogens with zero attached hydrogens (tertiary/aromatic N) is 6. The minimum Gasteiger partial charge on any atom is -0.232 e. The molecule has 0 N–H and O–H groups in total. The summed E-state index contributed by atoms with van der Waals surface area (Å²) in [5.74, 6) is -20.2. The zero-order chi connectivity index (χ0) is 50.6. The van der Waals surface area contributed by atoms with Crippen LogP contribution < -0.4 is 0 Å². The molecule has 6 aromatic carbocycles. The molecule has 0 aromatic heterocycles. The first-order chi connectivity index (χ1) is 30.9. The van der Waals surface area contributed by atoms with Gasteiger partial charge in [0.1, 0.15) is 105 Å². The summed E-state index contributed by atoms with van der Waals surface area (Å²) in [6.45, 7) is 37.9. The van der Waals surface area contributed by atoms with Gasteiger partial charge in [-0.25, -0.2) is 108 Å². The first-order valence-corrected chi connectivity index (χ1v) is 16.0. The van der Waals surface area contributed by atoms with Crippen molar-refractivity contribution in [1.82, 2.24) is 0 Å². The van der Waals surface area contributed by atoms with Gasteiger partial charge in [0.05, 0.1) is 39.4 Å². The second-order valence-corrected chi connectivity index (χ2v) is 11.0. The van der Waals surface area contributed by atoms with Crippen LogP contribution in [-0.2, 0) is 21.1 Å². The minimum atomic E-state index is -1.17. The fourth-order valence-electron chi connectivity index (χ4n) is 3.85. The van der Waals surface area contributed by atoms with E-state index in [9.17, 15) is 79.0 Å². The molecule has 6 aromatic rings. The molecule has 0 saturated carbocycles. The molecule has 6 nitrogen and oxygen atoms in total. The molecular formula is C42H12F18N6W. The van der Waals surface area contributed by atoms with E-state index in [0.29, 0.717) is 72.8 Å². The van der Waals surface area contributed by atoms with Gasteiger partial charge in [0.2, 0.25) is 0 Å². The molecule has 0 saturated heterocycles. The average molecular weight is 1130 g/mol. The molecule has 0 atom stereocenters. The van der Waals surface area contributed by atoms with Crippen LogP contribution in [0.15, 0.2) is 72.8 Å². The van der Waals surface area contributed by atoms with E-state index in [1.54, 1.807) is 0 Å². The third-order valence-corrected chi connectivity index (χ3v) is 6.56. The molecule has 6 rings (SSSR count). The Hall–Kier alpha value is -8.31. The predicted octanol–water partition coefficient (Wildman–Crippen LogP) is 15.9. The molecule has 0 spiro atoms. The topological polar surface area (TPSA) is 26.2 Å². The standard InChI is InChI=1S/6C7H2F3N.W/c6*1-11-7-5(9)2-4(8)3-6(7)10;/h6*2-3H;. The maximum Gasteiger partial charge on any atom is 0.257 e. The van der Waals surface area contributed by atoms with Crippen molar-refractivity contribution in [2.24, 2.45) is 0 Å². The van der Waals surface area contributed by atoms with Crippen molar-refractivity contribution in [3.63, 3.8) is 0 Å². The zero-order valence-corrected chi connectivity index (χ0v) is 34.8. The van der Waals surface area contributed by atoms with Crippen LogP contribution in [0.5, 0.6) is 0 Å². The maximum atomic E-state index is 12.4. The molecule has 0 aliphatic heterocycles. The quantitative estimate of drug-likeness (QED) is 0.107. The van der Waals surface area contributed by atoms with E-state index in [1.165, 1.54) is 0 Å². The molecule has 0 amide bonds. The van der Waals surface area contributed by atoms with Gasteiger partial charge in [-0.3, -0.25) is 0 Å². The molecule has 0 aliphatic rings. The van der Waals surface area contributed by atoms with Crippen LogP contribution in [0.4, 0.5) is 113 Å².